The van der Waals surface area contributed by atoms with Crippen LogP contribution in [0.5, 0.6) is 0 Å². The van der Waals surface area contributed by atoms with Crippen LogP contribution in [-0.4, -0.2) is 44.7 Å². The van der Waals surface area contributed by atoms with E-state index in [-0.39, 0.29) is 31.4 Å². The summed E-state index contributed by atoms with van der Waals surface area (Å²) < 4.78 is 27.4. The summed E-state index contributed by atoms with van der Waals surface area (Å²) in [6.45, 7) is 2.81. The Labute approximate surface area is 202 Å². The molecular weight excluding hydrogens is 454 g/mol. The van der Waals surface area contributed by atoms with Crippen molar-refractivity contribution in [3.8, 4) is 0 Å². The van der Waals surface area contributed by atoms with Crippen molar-refractivity contribution in [2.24, 2.45) is 11.7 Å². The highest BCUT2D eigenvalue weighted by molar-refractivity contribution is 5.94. The number of nitrogens with zero attached hydrogens (tertiary/aromatic N) is 2. The highest BCUT2D eigenvalue weighted by atomic mass is 19.1. The second kappa shape index (κ2) is 11.3. The first-order valence-corrected chi connectivity index (χ1v) is 11.5. The summed E-state index contributed by atoms with van der Waals surface area (Å²) in [5.74, 6) is -2.41. The summed E-state index contributed by atoms with van der Waals surface area (Å²) in [5, 5.41) is 13.8. The van der Waals surface area contributed by atoms with Crippen LogP contribution < -0.4 is 11.1 Å². The Morgan fingerprint density at radius 3 is 2.40 bits per heavy atom. The molecule has 3 aromatic rings. The van der Waals surface area contributed by atoms with Gasteiger partial charge in [0.05, 0.1) is 29.4 Å². The molecule has 0 radical (unpaired) electrons. The first kappa shape index (κ1) is 26.2. The van der Waals surface area contributed by atoms with E-state index in [0.717, 1.165) is 0 Å². The molecule has 0 unspecified atom stereocenters. The molecule has 1 aromatic heterocycles. The summed E-state index contributed by atoms with van der Waals surface area (Å²) in [5.41, 5.74) is 5.92. The minimum atomic E-state index is -1.49. The fourth-order valence-corrected chi connectivity index (χ4v) is 3.82. The van der Waals surface area contributed by atoms with E-state index in [0.29, 0.717) is 16.6 Å². The number of carbonyl (C=O) groups excluding carboxylic acids is 2. The van der Waals surface area contributed by atoms with Crippen LogP contribution in [0.3, 0.4) is 0 Å². The van der Waals surface area contributed by atoms with Gasteiger partial charge in [-0.05, 0) is 69.4 Å². The number of carbonyl (C=O) groups is 2. The lowest BCUT2D eigenvalue weighted by atomic mass is 9.88. The maximum Gasteiger partial charge on any atom is 0.271 e. The Kier molecular flexibility index (Phi) is 8.45. The third-order valence-electron chi connectivity index (χ3n) is 5.85. The second-order valence-corrected chi connectivity index (χ2v) is 9.31. The molecular formula is C26H30F2N4O3. The number of nitrogens with one attached hydrogen (secondary N) is 1. The molecule has 0 saturated carbocycles. The Balaban J connectivity index is 1.80. The van der Waals surface area contributed by atoms with Crippen molar-refractivity contribution >= 4 is 22.8 Å². The molecule has 2 amide bonds. The van der Waals surface area contributed by atoms with Crippen LogP contribution in [0.2, 0.25) is 0 Å². The minimum Gasteiger partial charge on any atom is -0.391 e. The number of aliphatic hydroxyl groups excluding tert-OH is 1. The number of nitrogens with two attached hydrogens (primary N) is 1. The molecule has 9 heteroatoms. The van der Waals surface area contributed by atoms with Crippen LogP contribution in [0.1, 0.15) is 49.2 Å². The quantitative estimate of drug-likeness (QED) is 0.385. The zero-order chi connectivity index (χ0) is 25.6. The van der Waals surface area contributed by atoms with Gasteiger partial charge in [-0.15, -0.1) is 0 Å². The predicted octanol–water partition coefficient (Wildman–Crippen LogP) is 3.49. The van der Waals surface area contributed by atoms with Crippen LogP contribution in [-0.2, 0) is 11.2 Å². The molecule has 7 nitrogen and oxygen atoms in total. The van der Waals surface area contributed by atoms with Gasteiger partial charge in [0.15, 0.2) is 0 Å². The van der Waals surface area contributed by atoms with Crippen LogP contribution >= 0.6 is 0 Å². The average molecular weight is 485 g/mol. The normalized spacial score (nSPS) is 14.3. The van der Waals surface area contributed by atoms with Gasteiger partial charge < -0.3 is 16.2 Å². The Morgan fingerprint density at radius 2 is 1.77 bits per heavy atom. The first-order chi connectivity index (χ1) is 16.5. The largest absolute Gasteiger partial charge is 0.391 e. The number of halogens is 2. The molecule has 0 fully saturated rings. The minimum absolute atomic E-state index is 0.0608. The molecule has 0 aliphatic heterocycles. The van der Waals surface area contributed by atoms with E-state index >= 15 is 0 Å². The van der Waals surface area contributed by atoms with Gasteiger partial charge in [0.25, 0.3) is 5.91 Å². The van der Waals surface area contributed by atoms with Crippen LogP contribution in [0, 0.1) is 11.7 Å². The van der Waals surface area contributed by atoms with Gasteiger partial charge in [0.2, 0.25) is 5.91 Å². The zero-order valence-corrected chi connectivity index (χ0v) is 19.7. The molecule has 0 aliphatic rings. The lowest BCUT2D eigenvalue weighted by molar-refractivity contribution is -0.123. The number of aliphatic hydroxyl groups is 1. The van der Waals surface area contributed by atoms with E-state index in [4.69, 9.17) is 5.73 Å². The fourth-order valence-electron chi connectivity index (χ4n) is 3.82. The van der Waals surface area contributed by atoms with Crippen molar-refractivity contribution in [2.45, 2.75) is 57.3 Å². The summed E-state index contributed by atoms with van der Waals surface area (Å²) >= 11 is 0. The number of alkyl halides is 1. The number of rotatable bonds is 11. The van der Waals surface area contributed by atoms with Crippen molar-refractivity contribution < 1.29 is 23.5 Å². The number of hydrogen-bond acceptors (Lipinski definition) is 5. The molecule has 0 saturated heterocycles. The smallest absolute Gasteiger partial charge is 0.271 e. The Hall–Kier alpha value is -3.46. The average Bonchev–Trinajstić information content (AvgIpc) is 2.81. The van der Waals surface area contributed by atoms with Gasteiger partial charge in [-0.2, -0.15) is 0 Å². The van der Waals surface area contributed by atoms with Gasteiger partial charge in [-0.1, -0.05) is 24.3 Å². The van der Waals surface area contributed by atoms with E-state index in [1.54, 1.807) is 30.3 Å². The van der Waals surface area contributed by atoms with Crippen LogP contribution in [0.25, 0.3) is 11.0 Å². The van der Waals surface area contributed by atoms with E-state index in [2.05, 4.69) is 15.3 Å². The van der Waals surface area contributed by atoms with Crippen molar-refractivity contribution in [2.75, 3.05) is 0 Å². The molecule has 0 spiro atoms. The topological polar surface area (TPSA) is 118 Å². The number of aromatic nitrogens is 2. The molecule has 4 N–H and O–H groups in total. The van der Waals surface area contributed by atoms with Crippen molar-refractivity contribution in [3.05, 3.63) is 71.8 Å². The number of hydrogen-bond donors (Lipinski definition) is 3. The second-order valence-electron chi connectivity index (χ2n) is 9.31. The standard InChI is InChI=1S/C26H30F2N4O3/c1-26(2,28)12-11-17(24(29)34)14-23(33)21(13-16-7-9-18(27)10-8-16)32-25(35)22-15-30-19-5-3-4-6-20(19)31-22/h3-10,15,17,21,23,33H,11-14H2,1-2H3,(H2,29,34)(H,32,35)/t17-,21+,23+/m1/s1. The summed E-state index contributed by atoms with van der Waals surface area (Å²) in [6.07, 6.45) is 0.500. The molecule has 35 heavy (non-hydrogen) atoms. The summed E-state index contributed by atoms with van der Waals surface area (Å²) in [7, 11) is 0. The van der Waals surface area contributed by atoms with Crippen LogP contribution in [0.4, 0.5) is 8.78 Å². The molecule has 0 aliphatic carbocycles. The lowest BCUT2D eigenvalue weighted by Crippen LogP contribution is -2.46. The van der Waals surface area contributed by atoms with E-state index in [1.165, 1.54) is 32.2 Å². The van der Waals surface area contributed by atoms with E-state index in [1.807, 2.05) is 6.07 Å². The number of fused-ring (bicyclic) bond motifs is 1. The molecule has 2 aromatic carbocycles. The van der Waals surface area contributed by atoms with Gasteiger partial charge >= 0.3 is 0 Å². The molecule has 186 valence electrons. The lowest BCUT2D eigenvalue weighted by Gasteiger charge is -2.27. The van der Waals surface area contributed by atoms with Crippen molar-refractivity contribution in [1.29, 1.82) is 0 Å². The Morgan fingerprint density at radius 1 is 1.11 bits per heavy atom. The molecule has 0 bridgehead atoms. The SMILES string of the molecule is CC(C)(F)CC[C@H](C[C@H](O)[C@H](Cc1ccc(F)cc1)NC(=O)c1cnc2ccccc2n1)C(N)=O. The number of benzene rings is 2. The number of amides is 2. The Bertz CT molecular complexity index is 1170. The van der Waals surface area contributed by atoms with Gasteiger partial charge in [-0.25, -0.2) is 13.8 Å². The molecule has 1 heterocycles. The predicted molar refractivity (Wildman–Crippen MR) is 129 cm³/mol. The summed E-state index contributed by atoms with van der Waals surface area (Å²) in [6, 6.07) is 11.9. The fraction of sp³-hybridized carbons (Fsp3) is 0.385. The third kappa shape index (κ3) is 7.78. The molecule has 3 atom stereocenters. The first-order valence-electron chi connectivity index (χ1n) is 11.5. The number of primary amides is 1. The highest BCUT2D eigenvalue weighted by Crippen LogP contribution is 2.24. The van der Waals surface area contributed by atoms with Gasteiger partial charge in [-0.3, -0.25) is 14.6 Å². The maximum atomic E-state index is 14.0. The van der Waals surface area contributed by atoms with Crippen molar-refractivity contribution in [3.63, 3.8) is 0 Å². The highest BCUT2D eigenvalue weighted by Gasteiger charge is 2.29. The third-order valence-corrected chi connectivity index (χ3v) is 5.85. The van der Waals surface area contributed by atoms with Crippen molar-refractivity contribution in [1.82, 2.24) is 15.3 Å². The monoisotopic (exact) mass is 484 g/mol. The zero-order valence-electron chi connectivity index (χ0n) is 19.7. The van der Waals surface area contributed by atoms with Gasteiger partial charge in [0.1, 0.15) is 17.2 Å². The van der Waals surface area contributed by atoms with E-state index < -0.39 is 41.4 Å². The van der Waals surface area contributed by atoms with Gasteiger partial charge in [0, 0.05) is 5.92 Å². The van der Waals surface area contributed by atoms with Crippen LogP contribution in [0.15, 0.2) is 54.7 Å². The molecule has 3 rings (SSSR count). The summed E-state index contributed by atoms with van der Waals surface area (Å²) in [4.78, 5) is 33.6. The van der Waals surface area contributed by atoms with E-state index in [9.17, 15) is 23.5 Å². The maximum absolute atomic E-state index is 14.0. The number of para-hydroxylation sites is 2.